The number of hydrogen-bond acceptors (Lipinski definition) is 8. The monoisotopic (exact) mass is 594 g/mol. The van der Waals surface area contributed by atoms with E-state index in [1.807, 2.05) is 13.8 Å². The summed E-state index contributed by atoms with van der Waals surface area (Å²) in [5, 5.41) is 5.25. The Labute approximate surface area is 231 Å². The molecule has 2 heterocycles. The Kier molecular flexibility index (Phi) is 8.42. The molecule has 0 bridgehead atoms. The third kappa shape index (κ3) is 6.47. The Morgan fingerprint density at radius 2 is 1.64 bits per heavy atom. The van der Waals surface area contributed by atoms with Crippen LogP contribution in [0.1, 0.15) is 37.6 Å². The normalized spacial score (nSPS) is 19.3. The number of ether oxygens (including phenoxy) is 1. The summed E-state index contributed by atoms with van der Waals surface area (Å²) in [6, 6.07) is 9.71. The van der Waals surface area contributed by atoms with Gasteiger partial charge in [-0.25, -0.2) is 22.0 Å². The summed E-state index contributed by atoms with van der Waals surface area (Å²) in [7, 11) is -7.68. The molecule has 1 fully saturated rings. The zero-order chi connectivity index (χ0) is 28.5. The Morgan fingerprint density at radius 1 is 1.03 bits per heavy atom. The number of esters is 1. The maximum Gasteiger partial charge on any atom is 0.326 e. The van der Waals surface area contributed by atoms with Crippen LogP contribution in [0, 0.1) is 11.8 Å². The van der Waals surface area contributed by atoms with Gasteiger partial charge in [-0.3, -0.25) is 9.59 Å². The lowest BCUT2D eigenvalue weighted by molar-refractivity contribution is -0.143. The minimum Gasteiger partial charge on any atom is -0.465 e. The Bertz CT molecular complexity index is 1680. The number of aromatic nitrogens is 1. The maximum atomic E-state index is 13.2. The number of carbonyl (C=O) groups excluding carboxylic acids is 2. The second-order valence-corrected chi connectivity index (χ2v) is 14.2. The van der Waals surface area contributed by atoms with Gasteiger partial charge in [-0.05, 0) is 67.6 Å². The molecule has 0 radical (unpaired) electrons. The van der Waals surface area contributed by atoms with Gasteiger partial charge in [0.25, 0.3) is 5.91 Å². The van der Waals surface area contributed by atoms with E-state index in [1.54, 1.807) is 6.92 Å². The molecule has 14 heteroatoms. The fourth-order valence-corrected chi connectivity index (χ4v) is 8.04. The second kappa shape index (κ2) is 11.3. The van der Waals surface area contributed by atoms with E-state index in [0.29, 0.717) is 23.3 Å². The summed E-state index contributed by atoms with van der Waals surface area (Å²) in [4.78, 5) is 29.6. The summed E-state index contributed by atoms with van der Waals surface area (Å²) in [6.45, 7) is 6.52. The van der Waals surface area contributed by atoms with Crippen molar-refractivity contribution in [2.45, 2.75) is 43.5 Å². The summed E-state index contributed by atoms with van der Waals surface area (Å²) in [6.07, 6.45) is 0.970. The Balaban J connectivity index is 1.69. The smallest absolute Gasteiger partial charge is 0.326 e. The maximum absolute atomic E-state index is 13.2. The van der Waals surface area contributed by atoms with Gasteiger partial charge in [0.2, 0.25) is 20.0 Å². The van der Waals surface area contributed by atoms with Crippen LogP contribution in [0.4, 0.5) is 0 Å². The fourth-order valence-electron chi connectivity index (χ4n) is 4.68. The van der Waals surface area contributed by atoms with Crippen LogP contribution in [-0.4, -0.2) is 57.3 Å². The topological polar surface area (TPSA) is 158 Å². The molecule has 1 aliphatic heterocycles. The van der Waals surface area contributed by atoms with Gasteiger partial charge in [0.15, 0.2) is 4.80 Å². The number of benzene rings is 2. The fraction of sp³-hybridized carbons (Fsp3) is 0.400. The lowest BCUT2D eigenvalue weighted by Crippen LogP contribution is -2.42. The van der Waals surface area contributed by atoms with Crippen LogP contribution in [0.25, 0.3) is 10.2 Å². The van der Waals surface area contributed by atoms with Gasteiger partial charge in [-0.2, -0.15) is 9.30 Å². The highest BCUT2D eigenvalue weighted by Gasteiger charge is 2.31. The molecule has 2 N–H and O–H groups in total. The molecular weight excluding hydrogens is 564 g/mol. The summed E-state index contributed by atoms with van der Waals surface area (Å²) in [5.74, 6) is -0.703. The van der Waals surface area contributed by atoms with E-state index in [1.165, 1.54) is 51.3 Å². The van der Waals surface area contributed by atoms with Gasteiger partial charge in [-0.1, -0.05) is 25.2 Å². The number of amides is 1. The van der Waals surface area contributed by atoms with E-state index in [-0.39, 0.29) is 45.1 Å². The molecule has 3 aromatic rings. The predicted molar refractivity (Wildman–Crippen MR) is 146 cm³/mol. The number of fused-ring (bicyclic) bond motifs is 1. The zero-order valence-electron chi connectivity index (χ0n) is 21.7. The highest BCUT2D eigenvalue weighted by Crippen LogP contribution is 2.27. The quantitative estimate of drug-likeness (QED) is 0.411. The van der Waals surface area contributed by atoms with E-state index < -0.39 is 31.9 Å². The molecule has 2 aromatic carbocycles. The number of rotatable bonds is 7. The van der Waals surface area contributed by atoms with Crippen LogP contribution in [-0.2, 0) is 36.1 Å². The van der Waals surface area contributed by atoms with Crippen molar-refractivity contribution >= 4 is 53.5 Å². The average molecular weight is 595 g/mol. The third-order valence-electron chi connectivity index (χ3n) is 6.35. The van der Waals surface area contributed by atoms with Gasteiger partial charge in [0.05, 0.1) is 26.6 Å². The largest absolute Gasteiger partial charge is 0.465 e. The van der Waals surface area contributed by atoms with Crippen LogP contribution in [0.2, 0.25) is 0 Å². The van der Waals surface area contributed by atoms with E-state index >= 15 is 0 Å². The molecule has 1 aromatic heterocycles. The molecule has 0 aliphatic carbocycles. The molecule has 39 heavy (non-hydrogen) atoms. The molecule has 0 unspecified atom stereocenters. The van der Waals surface area contributed by atoms with Crippen molar-refractivity contribution in [1.82, 2.24) is 8.87 Å². The van der Waals surface area contributed by atoms with Gasteiger partial charge < -0.3 is 9.30 Å². The minimum absolute atomic E-state index is 0.0927. The van der Waals surface area contributed by atoms with Crippen LogP contribution < -0.4 is 9.94 Å². The SMILES string of the molecule is CCOC(=O)Cn1c(=NC(=O)c2ccc(S(=O)(=O)N3C[C@H](C)C[C@@H](C)C3)cc2)sc2cc(S(N)(=O)=O)ccc21. The zero-order valence-corrected chi connectivity index (χ0v) is 24.2. The van der Waals surface area contributed by atoms with Crippen molar-refractivity contribution in [1.29, 1.82) is 0 Å². The van der Waals surface area contributed by atoms with Crippen LogP contribution >= 0.6 is 11.3 Å². The number of thiazole rings is 1. The van der Waals surface area contributed by atoms with Crippen LogP contribution in [0.3, 0.4) is 0 Å². The van der Waals surface area contributed by atoms with Gasteiger partial charge in [0.1, 0.15) is 6.54 Å². The molecule has 2 atom stereocenters. The van der Waals surface area contributed by atoms with Gasteiger partial charge in [0, 0.05) is 18.7 Å². The number of sulfonamides is 2. The van der Waals surface area contributed by atoms with Crippen molar-refractivity contribution in [2.75, 3.05) is 19.7 Å². The molecule has 210 valence electrons. The first-order valence-electron chi connectivity index (χ1n) is 12.3. The van der Waals surface area contributed by atoms with Gasteiger partial charge >= 0.3 is 5.97 Å². The number of nitrogens with zero attached hydrogens (tertiary/aromatic N) is 3. The molecule has 1 saturated heterocycles. The molecule has 11 nitrogen and oxygen atoms in total. The summed E-state index contributed by atoms with van der Waals surface area (Å²) in [5.41, 5.74) is 0.623. The third-order valence-corrected chi connectivity index (χ3v) is 10.1. The summed E-state index contributed by atoms with van der Waals surface area (Å²) < 4.78 is 58.4. The number of nitrogens with two attached hydrogens (primary N) is 1. The van der Waals surface area contributed by atoms with Crippen molar-refractivity contribution < 1.29 is 31.2 Å². The van der Waals surface area contributed by atoms with E-state index in [4.69, 9.17) is 9.88 Å². The molecule has 4 rings (SSSR count). The predicted octanol–water partition coefficient (Wildman–Crippen LogP) is 2.32. The van der Waals surface area contributed by atoms with Crippen molar-refractivity contribution in [3.05, 3.63) is 52.8 Å². The van der Waals surface area contributed by atoms with Gasteiger partial charge in [-0.15, -0.1) is 0 Å². The Morgan fingerprint density at radius 3 is 2.23 bits per heavy atom. The molecule has 1 aliphatic rings. The second-order valence-electron chi connectivity index (χ2n) is 9.66. The van der Waals surface area contributed by atoms with Crippen molar-refractivity contribution in [3.63, 3.8) is 0 Å². The highest BCUT2D eigenvalue weighted by molar-refractivity contribution is 7.89. The lowest BCUT2D eigenvalue weighted by atomic mass is 9.94. The van der Waals surface area contributed by atoms with E-state index in [9.17, 15) is 26.4 Å². The number of piperidine rings is 1. The van der Waals surface area contributed by atoms with E-state index in [0.717, 1.165) is 17.8 Å². The van der Waals surface area contributed by atoms with Crippen LogP contribution in [0.5, 0.6) is 0 Å². The van der Waals surface area contributed by atoms with Crippen molar-refractivity contribution in [2.24, 2.45) is 22.0 Å². The molecule has 0 spiro atoms. The Hall–Kier alpha value is -2.91. The molecule has 0 saturated carbocycles. The first-order chi connectivity index (χ1) is 18.3. The lowest BCUT2D eigenvalue weighted by Gasteiger charge is -2.34. The first kappa shape index (κ1) is 29.1. The van der Waals surface area contributed by atoms with E-state index in [2.05, 4.69) is 4.99 Å². The van der Waals surface area contributed by atoms with Crippen LogP contribution in [0.15, 0.2) is 57.2 Å². The average Bonchev–Trinajstić information content (AvgIpc) is 3.19. The minimum atomic E-state index is -3.97. The molecular formula is C25H30N4O7S3. The number of hydrogen-bond donors (Lipinski definition) is 1. The number of primary sulfonamides is 1. The van der Waals surface area contributed by atoms with Crippen molar-refractivity contribution in [3.8, 4) is 0 Å². The number of carbonyl (C=O) groups is 2. The highest BCUT2D eigenvalue weighted by atomic mass is 32.2. The standard InChI is InChI=1S/C25H30N4O7S3/c1-4-36-23(30)15-29-21-10-9-20(38(26,32)33)12-22(21)37-25(29)27-24(31)18-5-7-19(8-6-18)39(34,35)28-13-16(2)11-17(3)14-28/h5-10,12,16-17H,4,11,13-15H2,1-3H3,(H2,26,32,33)/t16-,17-/m1/s1. The summed E-state index contributed by atoms with van der Waals surface area (Å²) >= 11 is 1.01. The first-order valence-corrected chi connectivity index (χ1v) is 16.1. The molecule has 1 amide bonds.